The average molecular weight is 371 g/mol. The molecule has 150 valence electrons. The van der Waals surface area contributed by atoms with Crippen LogP contribution in [0.3, 0.4) is 0 Å². The lowest BCUT2D eigenvalue weighted by molar-refractivity contribution is -0.140. The van der Waals surface area contributed by atoms with Crippen molar-refractivity contribution in [3.63, 3.8) is 0 Å². The molecular formula is C25H38O2. The van der Waals surface area contributed by atoms with Crippen molar-refractivity contribution in [3.8, 4) is 5.75 Å². The van der Waals surface area contributed by atoms with Crippen LogP contribution in [0.15, 0.2) is 24.3 Å². The second-order valence-electron chi connectivity index (χ2n) is 9.12. The molecule has 27 heavy (non-hydrogen) atoms. The van der Waals surface area contributed by atoms with Crippen molar-refractivity contribution in [2.24, 2.45) is 23.7 Å². The lowest BCUT2D eigenvalue weighted by Crippen LogP contribution is -2.30. The number of ether oxygens (including phenoxy) is 1. The van der Waals surface area contributed by atoms with Gasteiger partial charge in [-0.05, 0) is 75.3 Å². The third kappa shape index (κ3) is 6.09. The zero-order valence-electron chi connectivity index (χ0n) is 17.4. The third-order valence-electron chi connectivity index (χ3n) is 7.12. The van der Waals surface area contributed by atoms with Gasteiger partial charge in [-0.15, -0.1) is 0 Å². The molecule has 0 atom stereocenters. The third-order valence-corrected chi connectivity index (χ3v) is 7.12. The summed E-state index contributed by atoms with van der Waals surface area (Å²) in [6.07, 6.45) is 15.9. The van der Waals surface area contributed by atoms with E-state index in [4.69, 9.17) is 4.74 Å². The van der Waals surface area contributed by atoms with Crippen LogP contribution >= 0.6 is 0 Å². The van der Waals surface area contributed by atoms with E-state index in [-0.39, 0.29) is 11.9 Å². The molecule has 2 nitrogen and oxygen atoms in total. The number of hydrogen-bond acceptors (Lipinski definition) is 2. The summed E-state index contributed by atoms with van der Waals surface area (Å²) in [5, 5.41) is 0. The monoisotopic (exact) mass is 370 g/mol. The molecule has 0 saturated heterocycles. The quantitative estimate of drug-likeness (QED) is 0.291. The number of aryl methyl sites for hydroxylation is 1. The number of rotatable bonds is 7. The summed E-state index contributed by atoms with van der Waals surface area (Å²) < 4.78 is 5.61. The largest absolute Gasteiger partial charge is 0.426 e. The topological polar surface area (TPSA) is 26.3 Å². The summed E-state index contributed by atoms with van der Waals surface area (Å²) in [6, 6.07) is 7.80. The Kier molecular flexibility index (Phi) is 7.79. The van der Waals surface area contributed by atoms with Gasteiger partial charge in [-0.1, -0.05) is 63.1 Å². The summed E-state index contributed by atoms with van der Waals surface area (Å²) in [5.74, 6) is 3.54. The van der Waals surface area contributed by atoms with Crippen molar-refractivity contribution >= 4 is 5.97 Å². The van der Waals surface area contributed by atoms with Gasteiger partial charge in [0.15, 0.2) is 0 Å². The van der Waals surface area contributed by atoms with E-state index < -0.39 is 0 Å². The van der Waals surface area contributed by atoms with Crippen molar-refractivity contribution in [1.29, 1.82) is 0 Å². The van der Waals surface area contributed by atoms with Crippen molar-refractivity contribution in [2.45, 2.75) is 90.9 Å². The molecule has 0 bridgehead atoms. The van der Waals surface area contributed by atoms with Crippen LogP contribution in [0, 0.1) is 30.6 Å². The molecule has 0 aromatic heterocycles. The van der Waals surface area contributed by atoms with Gasteiger partial charge in [0.2, 0.25) is 0 Å². The summed E-state index contributed by atoms with van der Waals surface area (Å²) in [4.78, 5) is 12.5. The lowest BCUT2D eigenvalue weighted by atomic mass is 9.68. The summed E-state index contributed by atoms with van der Waals surface area (Å²) in [7, 11) is 0. The van der Waals surface area contributed by atoms with E-state index in [2.05, 4.69) is 6.92 Å². The first-order valence-electron chi connectivity index (χ1n) is 11.4. The van der Waals surface area contributed by atoms with E-state index in [0.29, 0.717) is 5.75 Å². The molecule has 0 N–H and O–H groups in total. The Bertz CT molecular complexity index is 560. The van der Waals surface area contributed by atoms with Crippen molar-refractivity contribution in [3.05, 3.63) is 29.8 Å². The van der Waals surface area contributed by atoms with Gasteiger partial charge >= 0.3 is 5.97 Å². The Morgan fingerprint density at radius 2 is 1.48 bits per heavy atom. The Balaban J connectivity index is 1.37. The first kappa shape index (κ1) is 20.4. The average Bonchev–Trinajstić information content (AvgIpc) is 2.70. The van der Waals surface area contributed by atoms with Gasteiger partial charge in [0.25, 0.3) is 0 Å². The molecule has 0 spiro atoms. The molecule has 1 aromatic rings. The van der Waals surface area contributed by atoms with Crippen LogP contribution in [0.1, 0.15) is 89.5 Å². The fraction of sp³-hybridized carbons (Fsp3) is 0.720. The lowest BCUT2D eigenvalue weighted by Gasteiger charge is -2.37. The molecule has 0 unspecified atom stereocenters. The summed E-state index contributed by atoms with van der Waals surface area (Å²) >= 11 is 0. The van der Waals surface area contributed by atoms with Crippen LogP contribution in [0.5, 0.6) is 5.75 Å². The predicted octanol–water partition coefficient (Wildman–Crippen LogP) is 7.09. The first-order valence-corrected chi connectivity index (χ1v) is 11.4. The number of unbranched alkanes of at least 4 members (excludes halogenated alkanes) is 2. The normalized spacial score (nSPS) is 28.7. The molecule has 3 rings (SSSR count). The molecule has 2 aliphatic rings. The van der Waals surface area contributed by atoms with Crippen molar-refractivity contribution in [2.75, 3.05) is 0 Å². The molecule has 2 saturated carbocycles. The van der Waals surface area contributed by atoms with Gasteiger partial charge in [0.1, 0.15) is 5.75 Å². The molecule has 2 aliphatic carbocycles. The summed E-state index contributed by atoms with van der Waals surface area (Å²) in [6.45, 7) is 4.34. The molecule has 2 fully saturated rings. The standard InChI is InChI=1S/C25H38O2/c1-3-4-5-6-20-9-11-21(12-10-20)22-13-15-23(16-14-22)25(26)27-24-17-7-19(2)8-18-24/h7-8,17-18,20-23H,3-6,9-16H2,1-2H3. The maximum atomic E-state index is 12.5. The molecule has 2 heteroatoms. The van der Waals surface area contributed by atoms with Gasteiger partial charge in [-0.25, -0.2) is 0 Å². The van der Waals surface area contributed by atoms with Crippen LogP contribution in [0.2, 0.25) is 0 Å². The van der Waals surface area contributed by atoms with E-state index in [1.54, 1.807) is 0 Å². The molecule has 1 aromatic carbocycles. The Morgan fingerprint density at radius 3 is 2.07 bits per heavy atom. The molecule has 0 amide bonds. The van der Waals surface area contributed by atoms with E-state index >= 15 is 0 Å². The van der Waals surface area contributed by atoms with Crippen LogP contribution in [0.4, 0.5) is 0 Å². The van der Waals surface area contributed by atoms with E-state index in [1.165, 1.54) is 69.8 Å². The highest BCUT2D eigenvalue weighted by Crippen LogP contribution is 2.42. The van der Waals surface area contributed by atoms with Gasteiger partial charge in [-0.3, -0.25) is 4.79 Å². The number of benzene rings is 1. The fourth-order valence-electron chi connectivity index (χ4n) is 5.26. The molecule has 0 aliphatic heterocycles. The van der Waals surface area contributed by atoms with Crippen molar-refractivity contribution < 1.29 is 9.53 Å². The van der Waals surface area contributed by atoms with Gasteiger partial charge in [0.05, 0.1) is 5.92 Å². The minimum Gasteiger partial charge on any atom is -0.426 e. The Morgan fingerprint density at radius 1 is 0.889 bits per heavy atom. The number of esters is 1. The zero-order valence-corrected chi connectivity index (χ0v) is 17.4. The van der Waals surface area contributed by atoms with E-state index in [1.807, 2.05) is 31.2 Å². The minimum atomic E-state index is -0.0167. The number of hydrogen-bond donors (Lipinski definition) is 0. The van der Waals surface area contributed by atoms with E-state index in [0.717, 1.165) is 30.6 Å². The highest BCUT2D eigenvalue weighted by molar-refractivity contribution is 5.75. The Hall–Kier alpha value is -1.31. The highest BCUT2D eigenvalue weighted by Gasteiger charge is 2.33. The van der Waals surface area contributed by atoms with Gasteiger partial charge < -0.3 is 4.74 Å². The van der Waals surface area contributed by atoms with Crippen LogP contribution < -0.4 is 4.74 Å². The molecule has 0 radical (unpaired) electrons. The van der Waals surface area contributed by atoms with Crippen LogP contribution in [-0.2, 0) is 4.79 Å². The molecular weight excluding hydrogens is 332 g/mol. The summed E-state index contributed by atoms with van der Waals surface area (Å²) in [5.41, 5.74) is 1.19. The van der Waals surface area contributed by atoms with Crippen molar-refractivity contribution in [1.82, 2.24) is 0 Å². The Labute approximate surface area is 166 Å². The number of carbonyl (C=O) groups excluding carboxylic acids is 1. The highest BCUT2D eigenvalue weighted by atomic mass is 16.5. The van der Waals surface area contributed by atoms with Crippen LogP contribution in [0.25, 0.3) is 0 Å². The van der Waals surface area contributed by atoms with Gasteiger partial charge in [0, 0.05) is 0 Å². The first-order chi connectivity index (χ1) is 13.2. The zero-order chi connectivity index (χ0) is 19.1. The SMILES string of the molecule is CCCCCC1CCC(C2CCC(C(=O)Oc3ccc(C)cc3)CC2)CC1. The van der Waals surface area contributed by atoms with Gasteiger partial charge in [-0.2, -0.15) is 0 Å². The smallest absolute Gasteiger partial charge is 0.314 e. The maximum absolute atomic E-state index is 12.5. The number of carbonyl (C=O) groups is 1. The fourth-order valence-corrected chi connectivity index (χ4v) is 5.26. The second-order valence-corrected chi connectivity index (χ2v) is 9.12. The minimum absolute atomic E-state index is 0.0167. The van der Waals surface area contributed by atoms with Crippen LogP contribution in [-0.4, -0.2) is 5.97 Å². The second kappa shape index (κ2) is 10.3. The predicted molar refractivity (Wildman–Crippen MR) is 112 cm³/mol. The molecule has 0 heterocycles. The van der Waals surface area contributed by atoms with E-state index in [9.17, 15) is 4.79 Å². The maximum Gasteiger partial charge on any atom is 0.314 e.